The van der Waals surface area contributed by atoms with E-state index in [4.69, 9.17) is 0 Å². The van der Waals surface area contributed by atoms with Gasteiger partial charge in [-0.3, -0.25) is 4.79 Å². The third-order valence-corrected chi connectivity index (χ3v) is 4.84. The number of amides is 1. The molecule has 1 aliphatic heterocycles. The molecule has 0 unspecified atom stereocenters. The maximum absolute atomic E-state index is 12.6. The highest BCUT2D eigenvalue weighted by molar-refractivity contribution is 5.94. The fourth-order valence-corrected chi connectivity index (χ4v) is 3.73. The molecule has 0 bridgehead atoms. The molecule has 0 atom stereocenters. The number of carbonyl (C=O) groups excluding carboxylic acids is 1. The molecule has 1 heterocycles. The molecule has 108 valence electrons. The number of anilines is 1. The van der Waals surface area contributed by atoms with Crippen molar-refractivity contribution in [1.29, 1.82) is 0 Å². The lowest BCUT2D eigenvalue weighted by atomic mass is 9.86. The number of aryl methyl sites for hydroxylation is 2. The first-order valence-electron chi connectivity index (χ1n) is 8.14. The molecule has 0 spiro atoms. The molecule has 1 aromatic rings. The minimum absolute atomic E-state index is 0.349. The van der Waals surface area contributed by atoms with Gasteiger partial charge in [-0.05, 0) is 50.2 Å². The van der Waals surface area contributed by atoms with Gasteiger partial charge in [-0.2, -0.15) is 0 Å². The van der Waals surface area contributed by atoms with E-state index in [1.807, 2.05) is 4.90 Å². The van der Waals surface area contributed by atoms with Crippen molar-refractivity contribution in [2.24, 2.45) is 5.92 Å². The molecule has 2 heteroatoms. The SMILES string of the molecule is Cc1ccc2c(c1)CCCN2C(=O)CC1CCCCC1. The topological polar surface area (TPSA) is 20.3 Å². The molecule has 0 saturated heterocycles. The number of rotatable bonds is 2. The van der Waals surface area contributed by atoms with Crippen molar-refractivity contribution >= 4 is 11.6 Å². The second-order valence-electron chi connectivity index (χ2n) is 6.49. The van der Waals surface area contributed by atoms with Crippen LogP contribution in [0, 0.1) is 12.8 Å². The molecule has 1 aromatic carbocycles. The van der Waals surface area contributed by atoms with E-state index < -0.39 is 0 Å². The van der Waals surface area contributed by atoms with Crippen LogP contribution in [-0.2, 0) is 11.2 Å². The van der Waals surface area contributed by atoms with Crippen molar-refractivity contribution in [2.45, 2.75) is 58.3 Å². The lowest BCUT2D eigenvalue weighted by Crippen LogP contribution is -2.36. The summed E-state index contributed by atoms with van der Waals surface area (Å²) in [5.74, 6) is 0.980. The lowest BCUT2D eigenvalue weighted by molar-refractivity contribution is -0.119. The van der Waals surface area contributed by atoms with Crippen LogP contribution in [0.1, 0.15) is 56.1 Å². The molecule has 3 rings (SSSR count). The van der Waals surface area contributed by atoms with E-state index in [9.17, 15) is 4.79 Å². The molecular weight excluding hydrogens is 246 g/mol. The average Bonchev–Trinajstić information content (AvgIpc) is 2.47. The lowest BCUT2D eigenvalue weighted by Gasteiger charge is -2.31. The zero-order valence-electron chi connectivity index (χ0n) is 12.5. The third kappa shape index (κ3) is 2.89. The summed E-state index contributed by atoms with van der Waals surface area (Å²) < 4.78 is 0. The van der Waals surface area contributed by atoms with Gasteiger partial charge in [0.05, 0.1) is 0 Å². The van der Waals surface area contributed by atoms with Crippen LogP contribution in [0.15, 0.2) is 18.2 Å². The van der Waals surface area contributed by atoms with Gasteiger partial charge in [-0.15, -0.1) is 0 Å². The smallest absolute Gasteiger partial charge is 0.227 e. The Bertz CT molecular complexity index is 488. The van der Waals surface area contributed by atoms with Crippen LogP contribution >= 0.6 is 0 Å². The normalized spacial score (nSPS) is 19.8. The summed E-state index contributed by atoms with van der Waals surface area (Å²) in [6, 6.07) is 6.52. The number of carbonyl (C=O) groups is 1. The Morgan fingerprint density at radius 2 is 2.00 bits per heavy atom. The van der Waals surface area contributed by atoms with Crippen LogP contribution < -0.4 is 4.90 Å². The van der Waals surface area contributed by atoms with E-state index >= 15 is 0 Å². The van der Waals surface area contributed by atoms with E-state index in [-0.39, 0.29) is 0 Å². The van der Waals surface area contributed by atoms with Crippen molar-refractivity contribution in [3.8, 4) is 0 Å². The molecular formula is C18H25NO. The highest BCUT2D eigenvalue weighted by Gasteiger charge is 2.25. The van der Waals surface area contributed by atoms with Crippen molar-refractivity contribution < 1.29 is 4.79 Å². The first-order valence-corrected chi connectivity index (χ1v) is 8.14. The Balaban J connectivity index is 1.72. The van der Waals surface area contributed by atoms with E-state index in [0.717, 1.165) is 25.8 Å². The Morgan fingerprint density at radius 3 is 2.80 bits per heavy atom. The molecule has 0 N–H and O–H groups in total. The van der Waals surface area contributed by atoms with Crippen LogP contribution in [0.3, 0.4) is 0 Å². The summed E-state index contributed by atoms with van der Waals surface area (Å²) in [4.78, 5) is 14.7. The number of fused-ring (bicyclic) bond motifs is 1. The minimum atomic E-state index is 0.349. The molecule has 1 aliphatic carbocycles. The number of benzene rings is 1. The van der Waals surface area contributed by atoms with Gasteiger partial charge in [0.2, 0.25) is 5.91 Å². The van der Waals surface area contributed by atoms with Crippen molar-refractivity contribution in [3.05, 3.63) is 29.3 Å². The van der Waals surface area contributed by atoms with Crippen molar-refractivity contribution in [1.82, 2.24) is 0 Å². The Labute approximate surface area is 122 Å². The van der Waals surface area contributed by atoms with E-state index in [1.165, 1.54) is 48.9 Å². The summed E-state index contributed by atoms with van der Waals surface area (Å²) in [5, 5.41) is 0. The predicted molar refractivity (Wildman–Crippen MR) is 83.0 cm³/mol. The van der Waals surface area contributed by atoms with Crippen LogP contribution in [0.5, 0.6) is 0 Å². The predicted octanol–water partition coefficient (Wildman–Crippen LogP) is 4.24. The van der Waals surface area contributed by atoms with Crippen LogP contribution in [-0.4, -0.2) is 12.5 Å². The fourth-order valence-electron chi connectivity index (χ4n) is 3.73. The number of nitrogens with zero attached hydrogens (tertiary/aromatic N) is 1. The molecule has 1 fully saturated rings. The summed E-state index contributed by atoms with van der Waals surface area (Å²) in [6.07, 6.45) is 9.46. The molecule has 2 aliphatic rings. The van der Waals surface area contributed by atoms with Gasteiger partial charge in [0.1, 0.15) is 0 Å². The van der Waals surface area contributed by atoms with E-state index in [1.54, 1.807) is 0 Å². The Hall–Kier alpha value is -1.31. The largest absolute Gasteiger partial charge is 0.312 e. The van der Waals surface area contributed by atoms with Gasteiger partial charge in [-0.25, -0.2) is 0 Å². The molecule has 1 saturated carbocycles. The van der Waals surface area contributed by atoms with E-state index in [0.29, 0.717) is 11.8 Å². The van der Waals surface area contributed by atoms with Crippen LogP contribution in [0.25, 0.3) is 0 Å². The quantitative estimate of drug-likeness (QED) is 0.787. The highest BCUT2D eigenvalue weighted by atomic mass is 16.2. The maximum atomic E-state index is 12.6. The van der Waals surface area contributed by atoms with Crippen LogP contribution in [0.4, 0.5) is 5.69 Å². The van der Waals surface area contributed by atoms with Gasteiger partial charge in [0, 0.05) is 18.7 Å². The molecule has 20 heavy (non-hydrogen) atoms. The summed E-state index contributed by atoms with van der Waals surface area (Å²) in [6.45, 7) is 3.03. The van der Waals surface area contributed by atoms with Gasteiger partial charge in [0.15, 0.2) is 0 Å². The van der Waals surface area contributed by atoms with Crippen molar-refractivity contribution in [3.63, 3.8) is 0 Å². The maximum Gasteiger partial charge on any atom is 0.227 e. The second kappa shape index (κ2) is 5.99. The molecule has 0 radical (unpaired) electrons. The molecule has 0 aromatic heterocycles. The Kier molecular flexibility index (Phi) is 4.09. The summed E-state index contributed by atoms with van der Waals surface area (Å²) in [7, 11) is 0. The first kappa shape index (κ1) is 13.7. The van der Waals surface area contributed by atoms with Gasteiger partial charge < -0.3 is 4.90 Å². The zero-order chi connectivity index (χ0) is 13.9. The summed E-state index contributed by atoms with van der Waals surface area (Å²) >= 11 is 0. The summed E-state index contributed by atoms with van der Waals surface area (Å²) in [5.41, 5.74) is 3.82. The van der Waals surface area contributed by atoms with Crippen LogP contribution in [0.2, 0.25) is 0 Å². The fraction of sp³-hybridized carbons (Fsp3) is 0.611. The second-order valence-corrected chi connectivity index (χ2v) is 6.49. The van der Waals surface area contributed by atoms with Crippen molar-refractivity contribution in [2.75, 3.05) is 11.4 Å². The molecule has 2 nitrogen and oxygen atoms in total. The number of hydrogen-bond acceptors (Lipinski definition) is 1. The average molecular weight is 271 g/mol. The number of hydrogen-bond donors (Lipinski definition) is 0. The van der Waals surface area contributed by atoms with Gasteiger partial charge >= 0.3 is 0 Å². The highest BCUT2D eigenvalue weighted by Crippen LogP contribution is 2.31. The molecule has 1 amide bonds. The standard InChI is InChI=1S/C18H25NO/c1-14-9-10-17-16(12-14)8-5-11-19(17)18(20)13-15-6-3-2-4-7-15/h9-10,12,15H,2-8,11,13H2,1H3. The monoisotopic (exact) mass is 271 g/mol. The van der Waals surface area contributed by atoms with Gasteiger partial charge in [0.25, 0.3) is 0 Å². The third-order valence-electron chi connectivity index (χ3n) is 4.84. The van der Waals surface area contributed by atoms with E-state index in [2.05, 4.69) is 25.1 Å². The minimum Gasteiger partial charge on any atom is -0.312 e. The Morgan fingerprint density at radius 1 is 1.20 bits per heavy atom. The first-order chi connectivity index (χ1) is 9.74. The zero-order valence-corrected chi connectivity index (χ0v) is 12.5. The van der Waals surface area contributed by atoms with Gasteiger partial charge in [-0.1, -0.05) is 37.0 Å².